The van der Waals surface area contributed by atoms with Gasteiger partial charge in [0.25, 0.3) is 11.7 Å². The van der Waals surface area contributed by atoms with Gasteiger partial charge in [0, 0.05) is 6.07 Å². The first-order valence-corrected chi connectivity index (χ1v) is 9.68. The number of aromatic nitrogens is 1. The Hall–Kier alpha value is -2.15. The summed E-state index contributed by atoms with van der Waals surface area (Å²) in [4.78, 5) is 33.4. The van der Waals surface area contributed by atoms with Crippen LogP contribution in [0.15, 0.2) is 42.6 Å². The molecule has 2 aliphatic heterocycles. The zero-order valence-electron chi connectivity index (χ0n) is 14.6. The second-order valence-corrected chi connectivity index (χ2v) is 7.63. The molecule has 1 aromatic carbocycles. The summed E-state index contributed by atoms with van der Waals surface area (Å²) in [5.41, 5.74) is 0.485. The molecule has 2 fully saturated rings. The second kappa shape index (κ2) is 7.46. The van der Waals surface area contributed by atoms with Gasteiger partial charge < -0.3 is 4.90 Å². The highest BCUT2D eigenvalue weighted by molar-refractivity contribution is 6.42. The van der Waals surface area contributed by atoms with E-state index >= 15 is 0 Å². The third-order valence-corrected chi connectivity index (χ3v) is 5.98. The van der Waals surface area contributed by atoms with Gasteiger partial charge in [0.1, 0.15) is 26.2 Å². The summed E-state index contributed by atoms with van der Waals surface area (Å²) in [6, 6.07) is 10.5. The van der Waals surface area contributed by atoms with E-state index in [1.165, 1.54) is 4.90 Å². The number of nitrogens with one attached hydrogen (secondary N) is 2. The number of nitrogens with zero attached hydrogens (tertiary/aromatic N) is 2. The van der Waals surface area contributed by atoms with Crippen LogP contribution in [0.1, 0.15) is 6.42 Å². The molecule has 140 valence electrons. The maximum atomic E-state index is 13.0. The predicted octanol–water partition coefficient (Wildman–Crippen LogP) is 0.845. The van der Waals surface area contributed by atoms with Crippen LogP contribution >= 0.6 is 23.2 Å². The topological polar surface area (TPSA) is 59.2 Å². The van der Waals surface area contributed by atoms with E-state index in [1.54, 1.807) is 18.2 Å². The quantitative estimate of drug-likeness (QED) is 0.768. The highest BCUT2D eigenvalue weighted by Crippen LogP contribution is 2.29. The average molecular weight is 407 g/mol. The maximum absolute atomic E-state index is 13.0. The normalized spacial score (nSPS) is 21.2. The predicted molar refractivity (Wildman–Crippen MR) is 103 cm³/mol. The molecule has 2 N–H and O–H groups in total. The number of imide groups is 1. The van der Waals surface area contributed by atoms with Crippen LogP contribution < -0.4 is 19.7 Å². The Bertz CT molecular complexity index is 869. The number of H-pyrrole nitrogens is 1. The number of hydrogen-bond acceptors (Lipinski definition) is 3. The molecule has 0 bridgehead atoms. The summed E-state index contributed by atoms with van der Waals surface area (Å²) < 4.78 is 0. The Labute approximate surface area is 167 Å². The summed E-state index contributed by atoms with van der Waals surface area (Å²) in [6.45, 7) is 3.28. The highest BCUT2D eigenvalue weighted by atomic mass is 35.5. The molecule has 2 amide bonds. The first-order chi connectivity index (χ1) is 13.0. The van der Waals surface area contributed by atoms with Crippen LogP contribution in [-0.4, -0.2) is 44.0 Å². The minimum absolute atomic E-state index is 0.159. The number of rotatable bonds is 3. The summed E-state index contributed by atoms with van der Waals surface area (Å²) in [5.74, 6) is 0.727. The van der Waals surface area contributed by atoms with E-state index in [1.807, 2.05) is 24.4 Å². The van der Waals surface area contributed by atoms with Gasteiger partial charge in [0.2, 0.25) is 5.91 Å². The number of quaternary nitrogens is 1. The number of piperazine rings is 1. The number of carbonyl (C=O) groups is 2. The Morgan fingerprint density at radius 2 is 1.81 bits per heavy atom. The van der Waals surface area contributed by atoms with Crippen molar-refractivity contribution in [1.29, 1.82) is 0 Å². The third kappa shape index (κ3) is 3.52. The molecule has 0 saturated carbocycles. The Morgan fingerprint density at radius 1 is 1.04 bits per heavy atom. The monoisotopic (exact) mass is 406 g/mol. The van der Waals surface area contributed by atoms with Crippen LogP contribution in [0.4, 0.5) is 11.5 Å². The van der Waals surface area contributed by atoms with E-state index in [0.717, 1.165) is 36.9 Å². The van der Waals surface area contributed by atoms with Crippen LogP contribution in [0.25, 0.3) is 0 Å². The molecule has 4 rings (SSSR count). The lowest BCUT2D eigenvalue weighted by Crippen LogP contribution is -3.19. The van der Waals surface area contributed by atoms with Crippen LogP contribution in [0.3, 0.4) is 0 Å². The maximum Gasteiger partial charge on any atom is 0.292 e. The standard InChI is InChI=1S/C19H18Cl2N4O2/c20-14-5-4-13(11-15(14)21)25-18(26)12-16(19(25)27)23-7-9-24(10-8-23)17-3-1-2-6-22-17/h1-6,11,16H,7-10,12H2/p+2/t16-/m1/s1. The van der Waals surface area contributed by atoms with Gasteiger partial charge in [-0.3, -0.25) is 14.5 Å². The van der Waals surface area contributed by atoms with Crippen LogP contribution in [-0.2, 0) is 9.59 Å². The van der Waals surface area contributed by atoms with Crippen LogP contribution in [0, 0.1) is 0 Å². The molecule has 3 heterocycles. The van der Waals surface area contributed by atoms with Gasteiger partial charge in [0.15, 0.2) is 6.04 Å². The van der Waals surface area contributed by atoms with Crippen LogP contribution in [0.2, 0.25) is 10.0 Å². The molecule has 2 aromatic rings. The smallest absolute Gasteiger partial charge is 0.292 e. The fourth-order valence-corrected chi connectivity index (χ4v) is 4.10. The zero-order valence-corrected chi connectivity index (χ0v) is 16.1. The summed E-state index contributed by atoms with van der Waals surface area (Å²) in [5, 5.41) is 0.730. The number of anilines is 2. The van der Waals surface area contributed by atoms with Gasteiger partial charge in [0.05, 0.1) is 28.4 Å². The van der Waals surface area contributed by atoms with Crippen molar-refractivity contribution in [2.45, 2.75) is 12.5 Å². The molecule has 8 heteroatoms. The van der Waals surface area contributed by atoms with Gasteiger partial charge in [-0.2, -0.15) is 0 Å². The van der Waals surface area contributed by atoms with Gasteiger partial charge in [-0.15, -0.1) is 0 Å². The first kappa shape index (κ1) is 18.2. The van der Waals surface area contributed by atoms with Crippen molar-refractivity contribution in [3.8, 4) is 0 Å². The van der Waals surface area contributed by atoms with Crippen molar-refractivity contribution in [1.82, 2.24) is 0 Å². The molecule has 0 aliphatic carbocycles. The molecule has 2 aliphatic rings. The first-order valence-electron chi connectivity index (χ1n) is 8.92. The number of hydrogen-bond donors (Lipinski definition) is 1. The van der Waals surface area contributed by atoms with E-state index in [-0.39, 0.29) is 24.3 Å². The number of halogens is 2. The molecule has 27 heavy (non-hydrogen) atoms. The zero-order chi connectivity index (χ0) is 19.0. The lowest BCUT2D eigenvalue weighted by atomic mass is 10.1. The molecule has 0 radical (unpaired) electrons. The lowest BCUT2D eigenvalue weighted by Gasteiger charge is -2.31. The molecular weight excluding hydrogens is 387 g/mol. The molecule has 1 aromatic heterocycles. The number of carbonyl (C=O) groups excluding carboxylic acids is 2. The van der Waals surface area contributed by atoms with E-state index in [9.17, 15) is 9.59 Å². The molecular formula is C19H20Cl2N4O2+2. The van der Waals surface area contributed by atoms with Gasteiger partial charge in [-0.1, -0.05) is 29.3 Å². The molecule has 2 saturated heterocycles. The van der Waals surface area contributed by atoms with E-state index < -0.39 is 0 Å². The minimum atomic E-state index is -0.339. The average Bonchev–Trinajstić information content (AvgIpc) is 2.99. The Kier molecular flexibility index (Phi) is 5.04. The molecule has 0 unspecified atom stereocenters. The number of aromatic amines is 1. The van der Waals surface area contributed by atoms with Crippen molar-refractivity contribution in [2.24, 2.45) is 0 Å². The van der Waals surface area contributed by atoms with Gasteiger partial charge >= 0.3 is 0 Å². The van der Waals surface area contributed by atoms with E-state index in [0.29, 0.717) is 15.7 Å². The summed E-state index contributed by atoms with van der Waals surface area (Å²) >= 11 is 12.0. The summed E-state index contributed by atoms with van der Waals surface area (Å²) in [6.07, 6.45) is 2.13. The Morgan fingerprint density at radius 3 is 2.48 bits per heavy atom. The minimum Gasteiger partial charge on any atom is -0.318 e. The largest absolute Gasteiger partial charge is 0.318 e. The SMILES string of the molecule is O=C1C[C@@H]([NH+]2CCN(c3cccc[nH+]3)CC2)C(=O)N1c1ccc(Cl)c(Cl)c1. The fourth-order valence-electron chi connectivity index (χ4n) is 3.81. The number of pyridine rings is 1. The van der Waals surface area contributed by atoms with Crippen LogP contribution in [0.5, 0.6) is 0 Å². The third-order valence-electron chi connectivity index (χ3n) is 5.24. The van der Waals surface area contributed by atoms with Crippen molar-refractivity contribution >= 4 is 46.5 Å². The van der Waals surface area contributed by atoms with Crippen molar-refractivity contribution in [3.05, 3.63) is 52.6 Å². The number of benzene rings is 1. The van der Waals surface area contributed by atoms with E-state index in [2.05, 4.69) is 9.88 Å². The lowest BCUT2D eigenvalue weighted by molar-refractivity contribution is -0.915. The molecule has 1 atom stereocenters. The second-order valence-electron chi connectivity index (χ2n) is 6.82. The summed E-state index contributed by atoms with van der Waals surface area (Å²) in [7, 11) is 0. The Balaban J connectivity index is 1.45. The highest BCUT2D eigenvalue weighted by Gasteiger charge is 2.47. The molecule has 0 spiro atoms. The van der Waals surface area contributed by atoms with Crippen molar-refractivity contribution in [2.75, 3.05) is 36.0 Å². The number of amides is 2. The van der Waals surface area contributed by atoms with E-state index in [4.69, 9.17) is 23.2 Å². The van der Waals surface area contributed by atoms with Gasteiger partial charge in [-0.25, -0.2) is 9.88 Å². The van der Waals surface area contributed by atoms with Crippen molar-refractivity contribution in [3.63, 3.8) is 0 Å². The van der Waals surface area contributed by atoms with Gasteiger partial charge in [-0.05, 0) is 24.3 Å². The van der Waals surface area contributed by atoms with Crippen molar-refractivity contribution < 1.29 is 19.5 Å². The molecule has 6 nitrogen and oxygen atoms in total. The fraction of sp³-hybridized carbons (Fsp3) is 0.316.